The van der Waals surface area contributed by atoms with Gasteiger partial charge in [0.15, 0.2) is 0 Å². The van der Waals surface area contributed by atoms with E-state index in [1.807, 2.05) is 19.1 Å². The average Bonchev–Trinajstić information content (AvgIpc) is 2.39. The number of pyridine rings is 1. The molecule has 2 unspecified atom stereocenters. The summed E-state index contributed by atoms with van der Waals surface area (Å²) in [6, 6.07) is 3.81. The number of nitrogens with zero attached hydrogens (tertiary/aromatic N) is 1. The number of ether oxygens (including phenoxy) is 2. The van der Waals surface area contributed by atoms with Gasteiger partial charge in [0.1, 0.15) is 6.10 Å². The highest BCUT2D eigenvalue weighted by Gasteiger charge is 2.24. The first-order valence-corrected chi connectivity index (χ1v) is 6.60. The maximum Gasteiger partial charge on any atom is 0.218 e. The molecule has 1 aliphatic carbocycles. The van der Waals surface area contributed by atoms with E-state index in [0.29, 0.717) is 12.0 Å². The second-order valence-electron chi connectivity index (χ2n) is 4.95. The summed E-state index contributed by atoms with van der Waals surface area (Å²) < 4.78 is 11.4. The van der Waals surface area contributed by atoms with Crippen molar-refractivity contribution in [2.24, 2.45) is 5.73 Å². The van der Waals surface area contributed by atoms with Crippen LogP contribution in [-0.4, -0.2) is 24.3 Å². The van der Waals surface area contributed by atoms with Crippen LogP contribution in [-0.2, 0) is 4.74 Å². The second-order valence-corrected chi connectivity index (χ2v) is 4.95. The van der Waals surface area contributed by atoms with Crippen LogP contribution in [0.1, 0.15) is 44.2 Å². The Bertz CT molecular complexity index is 382. The van der Waals surface area contributed by atoms with Gasteiger partial charge >= 0.3 is 0 Å². The molecule has 1 saturated carbocycles. The van der Waals surface area contributed by atoms with E-state index in [0.717, 1.165) is 31.2 Å². The molecule has 2 N–H and O–H groups in total. The molecule has 0 bridgehead atoms. The zero-order valence-corrected chi connectivity index (χ0v) is 11.1. The standard InChI is InChI=1S/C14H22N2O2/c1-10(15)13-7-4-8-16-14(13)18-12-6-3-5-11(9-12)17-2/h4,7-8,10-12H,3,5-6,9,15H2,1-2H3/t10-,11?,12?/m0/s1. The highest BCUT2D eigenvalue weighted by molar-refractivity contribution is 5.28. The number of hydrogen-bond acceptors (Lipinski definition) is 4. The lowest BCUT2D eigenvalue weighted by Gasteiger charge is -2.29. The third kappa shape index (κ3) is 3.21. The van der Waals surface area contributed by atoms with E-state index in [1.54, 1.807) is 13.3 Å². The van der Waals surface area contributed by atoms with Crippen molar-refractivity contribution in [3.05, 3.63) is 23.9 Å². The Morgan fingerprint density at radius 1 is 1.39 bits per heavy atom. The summed E-state index contributed by atoms with van der Waals surface area (Å²) in [4.78, 5) is 4.30. The third-order valence-electron chi connectivity index (χ3n) is 3.48. The second kappa shape index (κ2) is 6.16. The largest absolute Gasteiger partial charge is 0.474 e. The normalized spacial score (nSPS) is 25.7. The van der Waals surface area contributed by atoms with Crippen LogP contribution in [0, 0.1) is 0 Å². The van der Waals surface area contributed by atoms with E-state index in [4.69, 9.17) is 15.2 Å². The summed E-state index contributed by atoms with van der Waals surface area (Å²) in [5, 5.41) is 0. The van der Waals surface area contributed by atoms with Crippen LogP contribution < -0.4 is 10.5 Å². The minimum atomic E-state index is -0.0597. The maximum absolute atomic E-state index is 6.01. The summed E-state index contributed by atoms with van der Waals surface area (Å²) in [6.07, 6.45) is 6.52. The van der Waals surface area contributed by atoms with Gasteiger partial charge in [-0.15, -0.1) is 0 Å². The molecule has 1 aromatic heterocycles. The Morgan fingerprint density at radius 3 is 2.89 bits per heavy atom. The van der Waals surface area contributed by atoms with Gasteiger partial charge in [0.05, 0.1) is 6.10 Å². The van der Waals surface area contributed by atoms with Crippen molar-refractivity contribution in [1.82, 2.24) is 4.98 Å². The van der Waals surface area contributed by atoms with Gasteiger partial charge < -0.3 is 15.2 Å². The Kier molecular flexibility index (Phi) is 4.55. The summed E-state index contributed by atoms with van der Waals surface area (Å²) in [5.74, 6) is 0.675. The van der Waals surface area contributed by atoms with Crippen molar-refractivity contribution in [2.45, 2.75) is 50.9 Å². The Morgan fingerprint density at radius 2 is 2.17 bits per heavy atom. The molecular formula is C14H22N2O2. The first-order chi connectivity index (χ1) is 8.70. The Hall–Kier alpha value is -1.13. The molecular weight excluding hydrogens is 228 g/mol. The lowest BCUT2D eigenvalue weighted by atomic mass is 9.95. The van der Waals surface area contributed by atoms with Crippen LogP contribution in [0.5, 0.6) is 5.88 Å². The fraction of sp³-hybridized carbons (Fsp3) is 0.643. The molecule has 0 amide bonds. The zero-order chi connectivity index (χ0) is 13.0. The van der Waals surface area contributed by atoms with Gasteiger partial charge in [-0.3, -0.25) is 0 Å². The predicted molar refractivity (Wildman–Crippen MR) is 70.5 cm³/mol. The van der Waals surface area contributed by atoms with E-state index in [1.165, 1.54) is 0 Å². The van der Waals surface area contributed by atoms with Crippen molar-refractivity contribution in [3.8, 4) is 5.88 Å². The molecule has 0 spiro atoms. The number of aromatic nitrogens is 1. The summed E-state index contributed by atoms with van der Waals surface area (Å²) in [7, 11) is 1.77. The molecule has 0 radical (unpaired) electrons. The maximum atomic E-state index is 6.01. The quantitative estimate of drug-likeness (QED) is 0.891. The summed E-state index contributed by atoms with van der Waals surface area (Å²) in [5.41, 5.74) is 6.90. The smallest absolute Gasteiger partial charge is 0.218 e. The van der Waals surface area contributed by atoms with Crippen molar-refractivity contribution in [1.29, 1.82) is 0 Å². The van der Waals surface area contributed by atoms with Gasteiger partial charge in [0.25, 0.3) is 0 Å². The number of rotatable bonds is 4. The predicted octanol–water partition coefficient (Wildman–Crippen LogP) is 2.44. The first kappa shape index (κ1) is 13.3. The summed E-state index contributed by atoms with van der Waals surface area (Å²) >= 11 is 0. The van der Waals surface area contributed by atoms with E-state index >= 15 is 0 Å². The van der Waals surface area contributed by atoms with E-state index in [2.05, 4.69) is 4.98 Å². The highest BCUT2D eigenvalue weighted by atomic mass is 16.5. The third-order valence-corrected chi connectivity index (χ3v) is 3.48. The fourth-order valence-electron chi connectivity index (χ4n) is 2.43. The van der Waals surface area contributed by atoms with Crippen molar-refractivity contribution >= 4 is 0 Å². The number of hydrogen-bond donors (Lipinski definition) is 1. The molecule has 3 atom stereocenters. The molecule has 0 aromatic carbocycles. The minimum Gasteiger partial charge on any atom is -0.474 e. The zero-order valence-electron chi connectivity index (χ0n) is 11.1. The van der Waals surface area contributed by atoms with Crippen molar-refractivity contribution < 1.29 is 9.47 Å². The first-order valence-electron chi connectivity index (χ1n) is 6.60. The minimum absolute atomic E-state index is 0.0597. The van der Waals surface area contributed by atoms with Gasteiger partial charge in [-0.05, 0) is 32.3 Å². The molecule has 1 aliphatic rings. The van der Waals surface area contributed by atoms with Gasteiger partial charge in [-0.1, -0.05) is 6.07 Å². The van der Waals surface area contributed by atoms with Gasteiger partial charge in [0, 0.05) is 31.3 Å². The van der Waals surface area contributed by atoms with E-state index < -0.39 is 0 Å². The molecule has 2 rings (SSSR count). The molecule has 0 saturated heterocycles. The summed E-state index contributed by atoms with van der Waals surface area (Å²) in [6.45, 7) is 1.95. The van der Waals surface area contributed by atoms with Crippen LogP contribution in [0.25, 0.3) is 0 Å². The number of methoxy groups -OCH3 is 1. The van der Waals surface area contributed by atoms with Crippen LogP contribution in [0.3, 0.4) is 0 Å². The number of nitrogens with two attached hydrogens (primary N) is 1. The Balaban J connectivity index is 2.04. The molecule has 4 heteroatoms. The SMILES string of the molecule is COC1CCCC(Oc2ncccc2[C@H](C)N)C1. The topological polar surface area (TPSA) is 57.4 Å². The average molecular weight is 250 g/mol. The highest BCUT2D eigenvalue weighted by Crippen LogP contribution is 2.27. The van der Waals surface area contributed by atoms with Gasteiger partial charge in [-0.25, -0.2) is 4.98 Å². The van der Waals surface area contributed by atoms with Crippen molar-refractivity contribution in [3.63, 3.8) is 0 Å². The lowest BCUT2D eigenvalue weighted by molar-refractivity contribution is 0.0191. The molecule has 1 aromatic rings. The van der Waals surface area contributed by atoms with Crippen LogP contribution in [0.15, 0.2) is 18.3 Å². The molecule has 0 aliphatic heterocycles. The van der Waals surface area contributed by atoms with E-state index in [-0.39, 0.29) is 12.1 Å². The van der Waals surface area contributed by atoms with Gasteiger partial charge in [-0.2, -0.15) is 0 Å². The molecule has 4 nitrogen and oxygen atoms in total. The van der Waals surface area contributed by atoms with Crippen LogP contribution >= 0.6 is 0 Å². The monoisotopic (exact) mass is 250 g/mol. The van der Waals surface area contributed by atoms with Gasteiger partial charge in [0.2, 0.25) is 5.88 Å². The Labute approximate surface area is 108 Å². The molecule has 1 fully saturated rings. The fourth-order valence-corrected chi connectivity index (χ4v) is 2.43. The van der Waals surface area contributed by atoms with E-state index in [9.17, 15) is 0 Å². The van der Waals surface area contributed by atoms with Crippen LogP contribution in [0.4, 0.5) is 0 Å². The molecule has 100 valence electrons. The molecule has 18 heavy (non-hydrogen) atoms. The molecule has 1 heterocycles. The van der Waals surface area contributed by atoms with Crippen LogP contribution in [0.2, 0.25) is 0 Å². The lowest BCUT2D eigenvalue weighted by Crippen LogP contribution is -2.30. The van der Waals surface area contributed by atoms with Crippen molar-refractivity contribution in [2.75, 3.05) is 7.11 Å².